The summed E-state index contributed by atoms with van der Waals surface area (Å²) in [6, 6.07) is 33.3. The molecule has 4 nitrogen and oxygen atoms in total. The van der Waals surface area contributed by atoms with Gasteiger partial charge in [0, 0.05) is 17.2 Å². The van der Waals surface area contributed by atoms with Crippen LogP contribution < -0.4 is 9.75 Å². The van der Waals surface area contributed by atoms with Gasteiger partial charge in [-0.15, -0.1) is 0 Å². The van der Waals surface area contributed by atoms with E-state index in [1.54, 1.807) is 7.11 Å². The fourth-order valence-corrected chi connectivity index (χ4v) is 4.49. The Morgan fingerprint density at radius 3 is 2.38 bits per heavy atom. The molecule has 0 fully saturated rings. The van der Waals surface area contributed by atoms with Crippen molar-refractivity contribution in [3.8, 4) is 5.75 Å². The van der Waals surface area contributed by atoms with Crippen LogP contribution in [-0.2, 0) is 0 Å². The minimum Gasteiger partial charge on any atom is -0.497 e. The van der Waals surface area contributed by atoms with Gasteiger partial charge in [0.2, 0.25) is 0 Å². The molecule has 32 heavy (non-hydrogen) atoms. The summed E-state index contributed by atoms with van der Waals surface area (Å²) in [4.78, 5) is 0. The number of para-hydroxylation sites is 2. The second-order valence-corrected chi connectivity index (χ2v) is 8.03. The first-order valence-electron chi connectivity index (χ1n) is 10.8. The maximum Gasteiger partial charge on any atom is 0.135 e. The molecular formula is C28H22N2O2. The normalized spacial score (nSPS) is 16.0. The van der Waals surface area contributed by atoms with Crippen molar-refractivity contribution in [1.29, 1.82) is 0 Å². The number of methoxy groups -OCH3 is 1. The van der Waals surface area contributed by atoms with Crippen molar-refractivity contribution in [3.63, 3.8) is 0 Å². The SMILES string of the molecule is COc1ccc(C2CC(c3ccc4oc5ccccc5c4c3)=NN2c2ccccc2)cc1. The van der Waals surface area contributed by atoms with Crippen LogP contribution in [0.25, 0.3) is 21.9 Å². The first-order chi connectivity index (χ1) is 15.8. The van der Waals surface area contributed by atoms with Gasteiger partial charge in [0.15, 0.2) is 0 Å². The monoisotopic (exact) mass is 418 g/mol. The molecule has 1 aliphatic rings. The average Bonchev–Trinajstić information content (AvgIpc) is 3.46. The van der Waals surface area contributed by atoms with Gasteiger partial charge in [-0.25, -0.2) is 0 Å². The van der Waals surface area contributed by atoms with Crippen molar-refractivity contribution in [1.82, 2.24) is 0 Å². The molecule has 0 spiro atoms. The van der Waals surface area contributed by atoms with Crippen molar-refractivity contribution < 1.29 is 9.15 Å². The van der Waals surface area contributed by atoms with E-state index in [0.717, 1.165) is 51.1 Å². The molecule has 2 heterocycles. The van der Waals surface area contributed by atoms with E-state index in [2.05, 4.69) is 65.7 Å². The first-order valence-corrected chi connectivity index (χ1v) is 10.8. The van der Waals surface area contributed by atoms with Gasteiger partial charge in [-0.05, 0) is 59.7 Å². The summed E-state index contributed by atoms with van der Waals surface area (Å²) in [6.45, 7) is 0. The Labute approximate surface area is 186 Å². The van der Waals surface area contributed by atoms with Crippen molar-refractivity contribution in [2.24, 2.45) is 5.10 Å². The largest absolute Gasteiger partial charge is 0.497 e. The molecule has 0 saturated carbocycles. The Balaban J connectivity index is 1.43. The minimum absolute atomic E-state index is 0.120. The molecule has 5 aromatic rings. The van der Waals surface area contributed by atoms with Crippen LogP contribution in [0.3, 0.4) is 0 Å². The topological polar surface area (TPSA) is 38.0 Å². The molecule has 1 unspecified atom stereocenters. The molecule has 6 rings (SSSR count). The maximum atomic E-state index is 6.01. The van der Waals surface area contributed by atoms with Crippen LogP contribution in [0.1, 0.15) is 23.6 Å². The highest BCUT2D eigenvalue weighted by atomic mass is 16.5. The zero-order valence-electron chi connectivity index (χ0n) is 17.7. The molecule has 4 aromatic carbocycles. The lowest BCUT2D eigenvalue weighted by molar-refractivity contribution is 0.414. The molecule has 156 valence electrons. The standard InChI is InChI=1S/C28H22N2O2/c1-31-22-14-11-19(12-15-22)26-18-25(29-30(26)21-7-3-2-4-8-21)20-13-16-28-24(17-20)23-9-5-6-10-27(23)32-28/h2-17,26H,18H2,1H3. The lowest BCUT2D eigenvalue weighted by atomic mass is 9.97. The summed E-state index contributed by atoms with van der Waals surface area (Å²) < 4.78 is 11.4. The quantitative estimate of drug-likeness (QED) is 0.317. The number of hydrogen-bond acceptors (Lipinski definition) is 4. The zero-order chi connectivity index (χ0) is 21.5. The lowest BCUT2D eigenvalue weighted by Gasteiger charge is -2.24. The van der Waals surface area contributed by atoms with E-state index >= 15 is 0 Å². The highest BCUT2D eigenvalue weighted by Crippen LogP contribution is 2.38. The van der Waals surface area contributed by atoms with Crippen LogP contribution in [0.5, 0.6) is 5.75 Å². The van der Waals surface area contributed by atoms with Gasteiger partial charge < -0.3 is 9.15 Å². The molecule has 0 N–H and O–H groups in total. The number of benzene rings is 4. The van der Waals surface area contributed by atoms with Crippen molar-refractivity contribution in [3.05, 3.63) is 108 Å². The molecule has 1 atom stereocenters. The fourth-order valence-electron chi connectivity index (χ4n) is 4.49. The highest BCUT2D eigenvalue weighted by molar-refractivity contribution is 6.10. The lowest BCUT2D eigenvalue weighted by Crippen LogP contribution is -2.18. The molecule has 1 aliphatic heterocycles. The summed E-state index contributed by atoms with van der Waals surface area (Å²) in [5.74, 6) is 0.858. The van der Waals surface area contributed by atoms with E-state index in [-0.39, 0.29) is 6.04 Å². The summed E-state index contributed by atoms with van der Waals surface area (Å²) in [5, 5.41) is 9.48. The van der Waals surface area contributed by atoms with Gasteiger partial charge in [-0.3, -0.25) is 5.01 Å². The Kier molecular flexibility index (Phi) is 4.43. The number of hydrazone groups is 1. The van der Waals surface area contributed by atoms with Gasteiger partial charge >= 0.3 is 0 Å². The highest BCUT2D eigenvalue weighted by Gasteiger charge is 2.30. The van der Waals surface area contributed by atoms with Crippen LogP contribution in [0, 0.1) is 0 Å². The van der Waals surface area contributed by atoms with Gasteiger partial charge in [0.25, 0.3) is 0 Å². The van der Waals surface area contributed by atoms with E-state index in [1.807, 2.05) is 36.4 Å². The zero-order valence-corrected chi connectivity index (χ0v) is 17.7. The first kappa shape index (κ1) is 18.7. The third-order valence-corrected chi connectivity index (χ3v) is 6.14. The second-order valence-electron chi connectivity index (χ2n) is 8.03. The third-order valence-electron chi connectivity index (χ3n) is 6.14. The molecule has 0 bridgehead atoms. The predicted octanol–water partition coefficient (Wildman–Crippen LogP) is 6.95. The van der Waals surface area contributed by atoms with E-state index in [0.29, 0.717) is 0 Å². The number of anilines is 1. The molecule has 4 heteroatoms. The number of furan rings is 1. The van der Waals surface area contributed by atoms with Crippen molar-refractivity contribution >= 4 is 33.3 Å². The van der Waals surface area contributed by atoms with Gasteiger partial charge in [-0.1, -0.05) is 48.5 Å². The van der Waals surface area contributed by atoms with Crippen LogP contribution in [-0.4, -0.2) is 12.8 Å². The summed E-state index contributed by atoms with van der Waals surface area (Å²) in [7, 11) is 1.69. The van der Waals surface area contributed by atoms with E-state index in [1.165, 1.54) is 5.56 Å². The molecule has 0 saturated heterocycles. The summed E-state index contributed by atoms with van der Waals surface area (Å²) in [5.41, 5.74) is 6.31. The number of hydrogen-bond donors (Lipinski definition) is 0. The van der Waals surface area contributed by atoms with Gasteiger partial charge in [0.1, 0.15) is 16.9 Å². The van der Waals surface area contributed by atoms with Crippen LogP contribution in [0.15, 0.2) is 107 Å². The Hall–Kier alpha value is -4.05. The Bertz CT molecular complexity index is 1440. The van der Waals surface area contributed by atoms with Gasteiger partial charge in [0.05, 0.1) is 24.6 Å². The molecule has 0 aliphatic carbocycles. The van der Waals surface area contributed by atoms with Crippen LogP contribution >= 0.6 is 0 Å². The number of ether oxygens (including phenoxy) is 1. The number of fused-ring (bicyclic) bond motifs is 3. The third kappa shape index (κ3) is 3.12. The van der Waals surface area contributed by atoms with E-state index in [4.69, 9.17) is 14.3 Å². The van der Waals surface area contributed by atoms with Crippen molar-refractivity contribution in [2.45, 2.75) is 12.5 Å². The molecule has 1 aromatic heterocycles. The Morgan fingerprint density at radius 2 is 1.56 bits per heavy atom. The summed E-state index contributed by atoms with van der Waals surface area (Å²) >= 11 is 0. The fraction of sp³-hybridized carbons (Fsp3) is 0.107. The second kappa shape index (κ2) is 7.57. The van der Waals surface area contributed by atoms with Crippen LogP contribution in [0.4, 0.5) is 5.69 Å². The van der Waals surface area contributed by atoms with Crippen LogP contribution in [0.2, 0.25) is 0 Å². The molecule has 0 amide bonds. The van der Waals surface area contributed by atoms with Gasteiger partial charge in [-0.2, -0.15) is 5.10 Å². The van der Waals surface area contributed by atoms with Crippen molar-refractivity contribution in [2.75, 3.05) is 12.1 Å². The van der Waals surface area contributed by atoms with E-state index in [9.17, 15) is 0 Å². The predicted molar refractivity (Wildman–Crippen MR) is 130 cm³/mol. The number of rotatable bonds is 4. The summed E-state index contributed by atoms with van der Waals surface area (Å²) in [6.07, 6.45) is 0.822. The molecular weight excluding hydrogens is 396 g/mol. The Morgan fingerprint density at radius 1 is 0.812 bits per heavy atom. The molecule has 0 radical (unpaired) electrons. The maximum absolute atomic E-state index is 6.01. The number of nitrogens with zero attached hydrogens (tertiary/aromatic N) is 2. The minimum atomic E-state index is 0.120. The average molecular weight is 418 g/mol. The smallest absolute Gasteiger partial charge is 0.135 e. The van der Waals surface area contributed by atoms with E-state index < -0.39 is 0 Å².